The first-order valence-electron chi connectivity index (χ1n) is 8.79. The molecule has 0 unspecified atom stereocenters. The number of carbonyl (C=O) groups excluding carboxylic acids is 1. The van der Waals surface area contributed by atoms with E-state index in [9.17, 15) is 13.6 Å². The van der Waals surface area contributed by atoms with Gasteiger partial charge in [0.05, 0.1) is 16.4 Å². The van der Waals surface area contributed by atoms with E-state index in [1.54, 1.807) is 24.3 Å². The molecule has 8 heteroatoms. The van der Waals surface area contributed by atoms with Crippen molar-refractivity contribution in [2.75, 3.05) is 5.32 Å². The second kappa shape index (κ2) is 8.26. The maximum Gasteiger partial charge on any atom is 0.256 e. The maximum absolute atomic E-state index is 13.5. The molecular formula is C22H13Cl2F2N3O. The van der Waals surface area contributed by atoms with Crippen LogP contribution < -0.4 is 5.32 Å². The fourth-order valence-corrected chi connectivity index (χ4v) is 3.24. The van der Waals surface area contributed by atoms with Crippen molar-refractivity contribution in [2.24, 2.45) is 0 Å². The Morgan fingerprint density at radius 1 is 0.900 bits per heavy atom. The number of nitrogens with one attached hydrogen (secondary N) is 1. The van der Waals surface area contributed by atoms with Gasteiger partial charge in [-0.2, -0.15) is 5.10 Å². The average Bonchev–Trinajstić information content (AvgIpc) is 3.16. The Morgan fingerprint density at radius 2 is 1.67 bits per heavy atom. The summed E-state index contributed by atoms with van der Waals surface area (Å²) in [5.41, 5.74) is 1.80. The summed E-state index contributed by atoms with van der Waals surface area (Å²) < 4.78 is 28.2. The monoisotopic (exact) mass is 443 g/mol. The minimum Gasteiger partial charge on any atom is -0.306 e. The largest absolute Gasteiger partial charge is 0.306 e. The zero-order valence-corrected chi connectivity index (χ0v) is 16.8. The number of hydrogen-bond donors (Lipinski definition) is 1. The van der Waals surface area contributed by atoms with Crippen LogP contribution in [0.1, 0.15) is 10.4 Å². The van der Waals surface area contributed by atoms with Crippen molar-refractivity contribution in [3.8, 4) is 16.9 Å². The highest BCUT2D eigenvalue weighted by atomic mass is 35.5. The van der Waals surface area contributed by atoms with Crippen molar-refractivity contribution < 1.29 is 13.6 Å². The Labute approximate surface area is 180 Å². The van der Waals surface area contributed by atoms with E-state index in [0.29, 0.717) is 21.4 Å². The molecule has 0 spiro atoms. The van der Waals surface area contributed by atoms with Crippen molar-refractivity contribution in [1.29, 1.82) is 0 Å². The Bertz CT molecular complexity index is 1240. The van der Waals surface area contributed by atoms with Crippen molar-refractivity contribution in [1.82, 2.24) is 9.78 Å². The Balaban J connectivity index is 1.79. The third-order valence-electron chi connectivity index (χ3n) is 4.34. The van der Waals surface area contributed by atoms with Crippen molar-refractivity contribution >= 4 is 34.9 Å². The second-order valence-corrected chi connectivity index (χ2v) is 7.22. The first-order chi connectivity index (χ1) is 14.4. The molecule has 1 aromatic heterocycles. The zero-order chi connectivity index (χ0) is 21.3. The van der Waals surface area contributed by atoms with Gasteiger partial charge < -0.3 is 5.32 Å². The van der Waals surface area contributed by atoms with E-state index in [1.165, 1.54) is 10.7 Å². The van der Waals surface area contributed by atoms with Gasteiger partial charge in [-0.1, -0.05) is 53.5 Å². The van der Waals surface area contributed by atoms with Crippen LogP contribution in [0.25, 0.3) is 16.9 Å². The molecule has 30 heavy (non-hydrogen) atoms. The number of hydrogen-bond acceptors (Lipinski definition) is 2. The van der Waals surface area contributed by atoms with Crippen LogP contribution in [0.4, 0.5) is 14.6 Å². The summed E-state index contributed by atoms with van der Waals surface area (Å²) >= 11 is 12.4. The predicted molar refractivity (Wildman–Crippen MR) is 113 cm³/mol. The lowest BCUT2D eigenvalue weighted by atomic mass is 10.1. The highest BCUT2D eigenvalue weighted by Crippen LogP contribution is 2.30. The molecule has 1 heterocycles. The van der Waals surface area contributed by atoms with E-state index in [2.05, 4.69) is 10.4 Å². The molecule has 0 radical (unpaired) electrons. The minimum atomic E-state index is -1.11. The third kappa shape index (κ3) is 4.06. The van der Waals surface area contributed by atoms with Crippen LogP contribution in [0.3, 0.4) is 0 Å². The normalized spacial score (nSPS) is 10.8. The molecule has 4 nitrogen and oxygen atoms in total. The molecule has 4 rings (SSSR count). The number of amides is 1. The van der Waals surface area contributed by atoms with Gasteiger partial charge in [-0.3, -0.25) is 4.79 Å². The molecule has 0 aliphatic carbocycles. The molecule has 0 saturated carbocycles. The fourth-order valence-electron chi connectivity index (χ4n) is 2.88. The lowest BCUT2D eigenvalue weighted by molar-refractivity contribution is 0.102. The van der Waals surface area contributed by atoms with Crippen molar-refractivity contribution in [2.45, 2.75) is 0 Å². The van der Waals surface area contributed by atoms with Crippen LogP contribution in [0.2, 0.25) is 10.0 Å². The molecule has 4 aromatic rings. The summed E-state index contributed by atoms with van der Waals surface area (Å²) in [6.45, 7) is 0. The Morgan fingerprint density at radius 3 is 2.40 bits per heavy atom. The fraction of sp³-hybridized carbons (Fsp3) is 0. The van der Waals surface area contributed by atoms with Crippen molar-refractivity contribution in [3.05, 3.63) is 100 Å². The molecule has 0 aliphatic rings. The minimum absolute atomic E-state index is 0.0416. The van der Waals surface area contributed by atoms with Gasteiger partial charge in [0, 0.05) is 22.2 Å². The van der Waals surface area contributed by atoms with Gasteiger partial charge >= 0.3 is 0 Å². The van der Waals surface area contributed by atoms with Crippen molar-refractivity contribution in [3.63, 3.8) is 0 Å². The van der Waals surface area contributed by atoms with E-state index in [4.69, 9.17) is 23.2 Å². The smallest absolute Gasteiger partial charge is 0.256 e. The summed E-state index contributed by atoms with van der Waals surface area (Å²) in [6, 6.07) is 18.8. The lowest BCUT2D eigenvalue weighted by Gasteiger charge is -2.11. The molecule has 0 aliphatic heterocycles. The third-order valence-corrected chi connectivity index (χ3v) is 4.89. The molecule has 0 fully saturated rings. The van der Waals surface area contributed by atoms with Crippen LogP contribution in [-0.4, -0.2) is 15.7 Å². The first kappa shape index (κ1) is 20.1. The van der Waals surface area contributed by atoms with Gasteiger partial charge in [0.15, 0.2) is 11.6 Å². The van der Waals surface area contributed by atoms with Crippen LogP contribution in [0.5, 0.6) is 0 Å². The molecule has 0 bridgehead atoms. The van der Waals surface area contributed by atoms with Crippen LogP contribution in [0.15, 0.2) is 72.8 Å². The lowest BCUT2D eigenvalue weighted by Crippen LogP contribution is -2.15. The predicted octanol–water partition coefficient (Wildman–Crippen LogP) is 6.38. The number of benzene rings is 3. The number of carbonyl (C=O) groups is 1. The van der Waals surface area contributed by atoms with Crippen LogP contribution in [-0.2, 0) is 0 Å². The van der Waals surface area contributed by atoms with Gasteiger partial charge in [-0.05, 0) is 36.4 Å². The number of rotatable bonds is 4. The summed E-state index contributed by atoms with van der Waals surface area (Å²) in [5.74, 6) is -2.49. The molecule has 3 aromatic carbocycles. The van der Waals surface area contributed by atoms with Gasteiger partial charge in [0.25, 0.3) is 5.91 Å². The first-order valence-corrected chi connectivity index (χ1v) is 9.55. The average molecular weight is 444 g/mol. The molecule has 1 amide bonds. The number of nitrogens with zero attached hydrogens (tertiary/aromatic N) is 2. The Kier molecular flexibility index (Phi) is 5.53. The zero-order valence-electron chi connectivity index (χ0n) is 15.2. The van der Waals surface area contributed by atoms with Gasteiger partial charge in [-0.25, -0.2) is 13.5 Å². The topological polar surface area (TPSA) is 46.9 Å². The number of anilines is 1. The van der Waals surface area contributed by atoms with E-state index < -0.39 is 17.5 Å². The quantitative estimate of drug-likeness (QED) is 0.397. The molecule has 150 valence electrons. The molecule has 1 N–H and O–H groups in total. The highest BCUT2D eigenvalue weighted by molar-refractivity contribution is 6.34. The van der Waals surface area contributed by atoms with Gasteiger partial charge in [-0.15, -0.1) is 0 Å². The van der Waals surface area contributed by atoms with E-state index in [-0.39, 0.29) is 11.4 Å². The summed E-state index contributed by atoms with van der Waals surface area (Å²) in [7, 11) is 0. The number of halogens is 4. The summed E-state index contributed by atoms with van der Waals surface area (Å²) in [4.78, 5) is 12.7. The number of aromatic nitrogens is 2. The SMILES string of the molecule is O=C(Nc1cc(-c2ccccc2)nn1-c1cc(Cl)ccc1Cl)c1ccc(F)c(F)c1. The van der Waals surface area contributed by atoms with E-state index in [0.717, 1.165) is 17.7 Å². The van der Waals surface area contributed by atoms with Crippen LogP contribution in [0, 0.1) is 11.6 Å². The van der Waals surface area contributed by atoms with E-state index in [1.807, 2.05) is 30.3 Å². The van der Waals surface area contributed by atoms with Crippen LogP contribution >= 0.6 is 23.2 Å². The highest BCUT2D eigenvalue weighted by Gasteiger charge is 2.17. The summed E-state index contributed by atoms with van der Waals surface area (Å²) in [5, 5.41) is 8.04. The van der Waals surface area contributed by atoms with E-state index >= 15 is 0 Å². The summed E-state index contributed by atoms with van der Waals surface area (Å²) in [6.07, 6.45) is 0. The molecule has 0 saturated heterocycles. The Hall–Kier alpha value is -3.22. The second-order valence-electron chi connectivity index (χ2n) is 6.37. The standard InChI is InChI=1S/C22H13Cl2F2N3O/c23-15-7-8-16(24)20(11-15)29-21(12-19(28-29)13-4-2-1-3-5-13)27-22(30)14-6-9-17(25)18(26)10-14/h1-12H,(H,27,30). The van der Waals surface area contributed by atoms with Gasteiger partial charge in [0.2, 0.25) is 0 Å². The molecular weight excluding hydrogens is 431 g/mol. The maximum atomic E-state index is 13.5. The molecule has 0 atom stereocenters. The van der Waals surface area contributed by atoms with Gasteiger partial charge in [0.1, 0.15) is 5.82 Å².